The van der Waals surface area contributed by atoms with Crippen LogP contribution in [0.1, 0.15) is 23.7 Å². The highest BCUT2D eigenvalue weighted by molar-refractivity contribution is 7.98. The van der Waals surface area contributed by atoms with Gasteiger partial charge in [0.05, 0.1) is 5.56 Å². The fourth-order valence-corrected chi connectivity index (χ4v) is 2.10. The van der Waals surface area contributed by atoms with Gasteiger partial charge in [0.15, 0.2) is 0 Å². The Labute approximate surface area is 106 Å². The van der Waals surface area contributed by atoms with Gasteiger partial charge in [-0.1, -0.05) is 0 Å². The largest absolute Gasteiger partial charge is 0.398 e. The van der Waals surface area contributed by atoms with E-state index < -0.39 is 5.91 Å². The molecule has 0 spiro atoms. The van der Waals surface area contributed by atoms with Crippen molar-refractivity contribution in [3.05, 3.63) is 23.8 Å². The smallest absolute Gasteiger partial charge is 0.250 e. The topological polar surface area (TPSA) is 81.1 Å². The number of nitrogen functional groups attached to an aromatic ring is 1. The van der Waals surface area contributed by atoms with Crippen molar-refractivity contribution in [3.63, 3.8) is 0 Å². The molecular weight excluding hydrogens is 234 g/mol. The molecule has 5 N–H and O–H groups in total. The number of anilines is 2. The van der Waals surface area contributed by atoms with Gasteiger partial charge in [-0.05, 0) is 43.6 Å². The van der Waals surface area contributed by atoms with Crippen LogP contribution < -0.4 is 16.8 Å². The zero-order valence-corrected chi connectivity index (χ0v) is 11.0. The first-order chi connectivity index (χ1) is 8.04. The maximum absolute atomic E-state index is 11.1. The van der Waals surface area contributed by atoms with Gasteiger partial charge in [0.1, 0.15) is 0 Å². The van der Waals surface area contributed by atoms with E-state index in [4.69, 9.17) is 11.5 Å². The van der Waals surface area contributed by atoms with Crippen LogP contribution in [0.2, 0.25) is 0 Å². The van der Waals surface area contributed by atoms with Crippen LogP contribution in [0, 0.1) is 0 Å². The molecule has 1 aromatic rings. The third-order valence-corrected chi connectivity index (χ3v) is 3.13. The van der Waals surface area contributed by atoms with Crippen molar-refractivity contribution in [3.8, 4) is 0 Å². The molecule has 1 aromatic carbocycles. The SMILES string of the molecule is CSCCC(C)Nc1ccc(N)c(C(N)=O)c1. The summed E-state index contributed by atoms with van der Waals surface area (Å²) >= 11 is 1.82. The molecule has 0 fully saturated rings. The number of nitrogens with two attached hydrogens (primary N) is 2. The number of thioether (sulfide) groups is 1. The maximum Gasteiger partial charge on any atom is 0.250 e. The Morgan fingerprint density at radius 2 is 2.24 bits per heavy atom. The lowest BCUT2D eigenvalue weighted by molar-refractivity contribution is 0.100. The lowest BCUT2D eigenvalue weighted by Gasteiger charge is -2.15. The normalized spacial score (nSPS) is 12.1. The van der Waals surface area contributed by atoms with Crippen molar-refractivity contribution >= 4 is 29.0 Å². The zero-order valence-electron chi connectivity index (χ0n) is 10.2. The lowest BCUT2D eigenvalue weighted by Crippen LogP contribution is -2.18. The van der Waals surface area contributed by atoms with Gasteiger partial charge in [-0.25, -0.2) is 0 Å². The maximum atomic E-state index is 11.1. The van der Waals surface area contributed by atoms with Crippen molar-refractivity contribution in [2.45, 2.75) is 19.4 Å². The van der Waals surface area contributed by atoms with Gasteiger partial charge in [0.2, 0.25) is 0 Å². The van der Waals surface area contributed by atoms with Crippen LogP contribution >= 0.6 is 11.8 Å². The summed E-state index contributed by atoms with van der Waals surface area (Å²) in [5, 5.41) is 3.32. The van der Waals surface area contributed by atoms with E-state index >= 15 is 0 Å². The van der Waals surface area contributed by atoms with Crippen molar-refractivity contribution in [2.24, 2.45) is 5.73 Å². The average molecular weight is 253 g/mol. The van der Waals surface area contributed by atoms with Crippen molar-refractivity contribution < 1.29 is 4.79 Å². The molecular formula is C12H19N3OS. The van der Waals surface area contributed by atoms with Gasteiger partial charge < -0.3 is 16.8 Å². The summed E-state index contributed by atoms with van der Waals surface area (Å²) < 4.78 is 0. The molecule has 0 radical (unpaired) electrons. The van der Waals surface area contributed by atoms with Crippen molar-refractivity contribution in [1.29, 1.82) is 0 Å². The minimum Gasteiger partial charge on any atom is -0.398 e. The molecule has 4 nitrogen and oxygen atoms in total. The van der Waals surface area contributed by atoms with E-state index in [1.54, 1.807) is 12.1 Å². The van der Waals surface area contributed by atoms with Gasteiger partial charge in [0.25, 0.3) is 5.91 Å². The van der Waals surface area contributed by atoms with E-state index in [2.05, 4.69) is 18.5 Å². The molecule has 0 aliphatic carbocycles. The second-order valence-electron chi connectivity index (χ2n) is 3.99. The molecule has 0 heterocycles. The number of nitrogens with one attached hydrogen (secondary N) is 1. The van der Waals surface area contributed by atoms with Crippen molar-refractivity contribution in [1.82, 2.24) is 0 Å². The Morgan fingerprint density at radius 1 is 1.53 bits per heavy atom. The van der Waals surface area contributed by atoms with Crippen LogP contribution in [0.3, 0.4) is 0 Å². The summed E-state index contributed by atoms with van der Waals surface area (Å²) in [6.07, 6.45) is 3.15. The standard InChI is InChI=1S/C12H19N3OS/c1-8(5-6-17-2)15-9-3-4-11(13)10(7-9)12(14)16/h3-4,7-8,15H,5-6,13H2,1-2H3,(H2,14,16). The van der Waals surface area contributed by atoms with Gasteiger partial charge in [-0.15, -0.1) is 0 Å². The van der Waals surface area contributed by atoms with Crippen LogP contribution in [0.5, 0.6) is 0 Å². The second kappa shape index (κ2) is 6.39. The third kappa shape index (κ3) is 4.19. The summed E-state index contributed by atoms with van der Waals surface area (Å²) in [5.41, 5.74) is 12.6. The number of benzene rings is 1. The van der Waals surface area contributed by atoms with Crippen molar-refractivity contribution in [2.75, 3.05) is 23.1 Å². The minimum absolute atomic E-state index is 0.354. The van der Waals surface area contributed by atoms with Gasteiger partial charge in [0, 0.05) is 17.4 Å². The van der Waals surface area contributed by atoms with Crippen LogP contribution in [-0.2, 0) is 0 Å². The molecule has 1 unspecified atom stereocenters. The highest BCUT2D eigenvalue weighted by Gasteiger charge is 2.08. The Kier molecular flexibility index (Phi) is 5.15. The van der Waals surface area contributed by atoms with Crippen LogP contribution in [-0.4, -0.2) is 24.0 Å². The van der Waals surface area contributed by atoms with Crippen LogP contribution in [0.4, 0.5) is 11.4 Å². The van der Waals surface area contributed by atoms with E-state index in [0.717, 1.165) is 17.9 Å². The summed E-state index contributed by atoms with van der Waals surface area (Å²) in [5.74, 6) is 0.606. The van der Waals surface area contributed by atoms with E-state index in [9.17, 15) is 4.79 Å². The molecule has 1 amide bonds. The minimum atomic E-state index is -0.497. The fraction of sp³-hybridized carbons (Fsp3) is 0.417. The number of carbonyl (C=O) groups excluding carboxylic acids is 1. The van der Waals surface area contributed by atoms with Gasteiger partial charge in [-0.2, -0.15) is 11.8 Å². The molecule has 0 saturated carbocycles. The highest BCUT2D eigenvalue weighted by Crippen LogP contribution is 2.18. The molecule has 0 aliphatic rings. The Bertz CT molecular complexity index is 395. The molecule has 94 valence electrons. The molecule has 0 saturated heterocycles. The zero-order chi connectivity index (χ0) is 12.8. The molecule has 1 rings (SSSR count). The number of carbonyl (C=O) groups is 1. The summed E-state index contributed by atoms with van der Waals surface area (Å²) in [6.45, 7) is 2.11. The number of hydrogen-bond acceptors (Lipinski definition) is 4. The Morgan fingerprint density at radius 3 is 2.82 bits per heavy atom. The lowest BCUT2D eigenvalue weighted by atomic mass is 10.1. The first-order valence-corrected chi connectivity index (χ1v) is 6.88. The monoisotopic (exact) mass is 253 g/mol. The summed E-state index contributed by atoms with van der Waals surface area (Å²) in [6, 6.07) is 5.61. The number of rotatable bonds is 6. The first-order valence-electron chi connectivity index (χ1n) is 5.49. The number of amides is 1. The average Bonchev–Trinajstić information content (AvgIpc) is 2.28. The van der Waals surface area contributed by atoms with E-state index in [0.29, 0.717) is 17.3 Å². The molecule has 0 bridgehead atoms. The predicted molar refractivity (Wildman–Crippen MR) is 75.5 cm³/mol. The molecule has 5 heteroatoms. The van der Waals surface area contributed by atoms with Gasteiger partial charge >= 0.3 is 0 Å². The van der Waals surface area contributed by atoms with E-state index in [1.807, 2.05) is 17.8 Å². The van der Waals surface area contributed by atoms with E-state index in [-0.39, 0.29) is 0 Å². The van der Waals surface area contributed by atoms with E-state index in [1.165, 1.54) is 0 Å². The summed E-state index contributed by atoms with van der Waals surface area (Å²) in [7, 11) is 0. The molecule has 0 aliphatic heterocycles. The Balaban J connectivity index is 2.72. The number of hydrogen-bond donors (Lipinski definition) is 3. The molecule has 1 atom stereocenters. The third-order valence-electron chi connectivity index (χ3n) is 2.49. The van der Waals surface area contributed by atoms with Gasteiger partial charge in [-0.3, -0.25) is 4.79 Å². The second-order valence-corrected chi connectivity index (χ2v) is 4.98. The van der Waals surface area contributed by atoms with Crippen LogP contribution in [0.15, 0.2) is 18.2 Å². The molecule has 0 aromatic heterocycles. The predicted octanol–water partition coefficient (Wildman–Crippen LogP) is 1.92. The van der Waals surface area contributed by atoms with Crippen LogP contribution in [0.25, 0.3) is 0 Å². The fourth-order valence-electron chi connectivity index (χ4n) is 1.51. The molecule has 17 heavy (non-hydrogen) atoms. The number of primary amides is 1. The highest BCUT2D eigenvalue weighted by atomic mass is 32.2. The Hall–Kier alpha value is -1.36. The quantitative estimate of drug-likeness (QED) is 0.677. The first kappa shape index (κ1) is 13.7. The summed E-state index contributed by atoms with van der Waals surface area (Å²) in [4.78, 5) is 11.1.